The molecule has 0 fully saturated rings. The van der Waals surface area contributed by atoms with Crippen LogP contribution in [0.15, 0.2) is 12.4 Å². The van der Waals surface area contributed by atoms with E-state index < -0.39 is 0 Å². The molecule has 0 radical (unpaired) electrons. The predicted octanol–water partition coefficient (Wildman–Crippen LogP) is 1.43. The van der Waals surface area contributed by atoms with E-state index in [9.17, 15) is 0 Å². The van der Waals surface area contributed by atoms with Gasteiger partial charge in [0.1, 0.15) is 5.82 Å². The van der Waals surface area contributed by atoms with E-state index in [4.69, 9.17) is 5.73 Å². The molecule has 0 bridgehead atoms. The topological polar surface area (TPSA) is 43.8 Å². The van der Waals surface area contributed by atoms with Gasteiger partial charge in [0.15, 0.2) is 0 Å². The molecule has 0 aliphatic rings. The minimum Gasteiger partial charge on any atom is -0.338 e. The predicted molar refractivity (Wildman–Crippen MR) is 62.5 cm³/mol. The molecule has 1 atom stereocenters. The zero-order valence-corrected chi connectivity index (χ0v) is 9.76. The molecule has 0 amide bonds. The fourth-order valence-electron chi connectivity index (χ4n) is 1.15. The fraction of sp³-hybridized carbons (Fsp3) is 0.700. The van der Waals surface area contributed by atoms with E-state index >= 15 is 0 Å². The van der Waals surface area contributed by atoms with Gasteiger partial charge >= 0.3 is 0 Å². The highest BCUT2D eigenvalue weighted by atomic mass is 32.2. The van der Waals surface area contributed by atoms with Gasteiger partial charge in [-0.1, -0.05) is 6.92 Å². The van der Waals surface area contributed by atoms with Crippen molar-refractivity contribution in [2.75, 3.05) is 11.5 Å². The number of nitrogens with zero attached hydrogens (tertiary/aromatic N) is 2. The molecule has 0 aliphatic heterocycles. The van der Waals surface area contributed by atoms with Crippen LogP contribution in [0.2, 0.25) is 0 Å². The third kappa shape index (κ3) is 3.72. The van der Waals surface area contributed by atoms with Gasteiger partial charge in [0.25, 0.3) is 0 Å². The summed E-state index contributed by atoms with van der Waals surface area (Å²) in [7, 11) is 2.03. The fourth-order valence-corrected chi connectivity index (χ4v) is 2.19. The summed E-state index contributed by atoms with van der Waals surface area (Å²) < 4.78 is 2.07. The van der Waals surface area contributed by atoms with Crippen LogP contribution in [-0.4, -0.2) is 27.1 Å². The third-order valence-electron chi connectivity index (χ3n) is 2.25. The molecule has 4 heteroatoms. The number of hydrogen-bond acceptors (Lipinski definition) is 3. The number of thioether (sulfide) groups is 1. The van der Waals surface area contributed by atoms with Crippen LogP contribution >= 0.6 is 11.8 Å². The van der Waals surface area contributed by atoms with Crippen LogP contribution in [0.3, 0.4) is 0 Å². The van der Waals surface area contributed by atoms with Crippen LogP contribution in [0.4, 0.5) is 0 Å². The molecule has 1 rings (SSSR count). The summed E-state index contributed by atoms with van der Waals surface area (Å²) in [4.78, 5) is 4.27. The standard InChI is InChI=1S/C10H19N3S/c1-3-9(11)8-14-7-4-10-12-5-6-13(10)2/h5-6,9H,3-4,7-8,11H2,1-2H3. The Hall–Kier alpha value is -0.480. The van der Waals surface area contributed by atoms with Gasteiger partial charge in [-0.15, -0.1) is 0 Å². The minimum atomic E-state index is 0.348. The van der Waals surface area contributed by atoms with Crippen molar-refractivity contribution in [1.82, 2.24) is 9.55 Å². The summed E-state index contributed by atoms with van der Waals surface area (Å²) in [5, 5.41) is 0. The second-order valence-corrected chi connectivity index (χ2v) is 4.60. The zero-order valence-electron chi connectivity index (χ0n) is 8.94. The number of nitrogens with two attached hydrogens (primary N) is 1. The van der Waals surface area contributed by atoms with E-state index in [0.717, 1.165) is 30.2 Å². The molecule has 1 aromatic heterocycles. The van der Waals surface area contributed by atoms with Crippen LogP contribution in [0.1, 0.15) is 19.2 Å². The summed E-state index contributed by atoms with van der Waals surface area (Å²) in [6.07, 6.45) is 5.93. The zero-order chi connectivity index (χ0) is 10.4. The van der Waals surface area contributed by atoms with Crippen molar-refractivity contribution in [2.45, 2.75) is 25.8 Å². The lowest BCUT2D eigenvalue weighted by atomic mass is 10.3. The smallest absolute Gasteiger partial charge is 0.109 e. The Morgan fingerprint density at radius 2 is 2.43 bits per heavy atom. The molecular formula is C10H19N3S. The Bertz CT molecular complexity index is 260. The van der Waals surface area contributed by atoms with E-state index in [-0.39, 0.29) is 0 Å². The highest BCUT2D eigenvalue weighted by molar-refractivity contribution is 7.99. The van der Waals surface area contributed by atoms with Gasteiger partial charge in [-0.2, -0.15) is 11.8 Å². The van der Waals surface area contributed by atoms with Crippen molar-refractivity contribution in [3.63, 3.8) is 0 Å². The maximum absolute atomic E-state index is 5.82. The first-order valence-electron chi connectivity index (χ1n) is 5.03. The van der Waals surface area contributed by atoms with Crippen LogP contribution in [-0.2, 0) is 13.5 Å². The van der Waals surface area contributed by atoms with Gasteiger partial charge in [-0.05, 0) is 6.42 Å². The minimum absolute atomic E-state index is 0.348. The number of hydrogen-bond donors (Lipinski definition) is 1. The first-order valence-corrected chi connectivity index (χ1v) is 6.19. The molecule has 1 unspecified atom stereocenters. The van der Waals surface area contributed by atoms with Gasteiger partial charge in [0.2, 0.25) is 0 Å². The average Bonchev–Trinajstić information content (AvgIpc) is 2.58. The van der Waals surface area contributed by atoms with Crippen LogP contribution < -0.4 is 5.73 Å². The monoisotopic (exact) mass is 213 g/mol. The normalized spacial score (nSPS) is 13.1. The number of imidazole rings is 1. The van der Waals surface area contributed by atoms with Gasteiger partial charge in [-0.3, -0.25) is 0 Å². The number of aryl methyl sites for hydroxylation is 2. The van der Waals surface area contributed by atoms with E-state index in [1.807, 2.05) is 31.2 Å². The molecular weight excluding hydrogens is 194 g/mol. The Morgan fingerprint density at radius 3 is 3.00 bits per heavy atom. The molecule has 0 saturated heterocycles. The average molecular weight is 213 g/mol. The molecule has 1 heterocycles. The molecule has 0 saturated carbocycles. The maximum Gasteiger partial charge on any atom is 0.109 e. The van der Waals surface area contributed by atoms with Crippen LogP contribution in [0.25, 0.3) is 0 Å². The Balaban J connectivity index is 2.13. The highest BCUT2D eigenvalue weighted by Gasteiger charge is 2.01. The van der Waals surface area contributed by atoms with Crippen molar-refractivity contribution in [2.24, 2.45) is 12.8 Å². The third-order valence-corrected chi connectivity index (χ3v) is 3.40. The van der Waals surface area contributed by atoms with Gasteiger partial charge in [0.05, 0.1) is 0 Å². The highest BCUT2D eigenvalue weighted by Crippen LogP contribution is 2.07. The molecule has 14 heavy (non-hydrogen) atoms. The molecule has 3 nitrogen and oxygen atoms in total. The lowest BCUT2D eigenvalue weighted by Crippen LogP contribution is -2.21. The number of aromatic nitrogens is 2. The second kappa shape index (κ2) is 6.09. The largest absolute Gasteiger partial charge is 0.338 e. The molecule has 2 N–H and O–H groups in total. The van der Waals surface area contributed by atoms with E-state index in [2.05, 4.69) is 16.5 Å². The summed E-state index contributed by atoms with van der Waals surface area (Å²) in [6, 6.07) is 0.348. The summed E-state index contributed by atoms with van der Waals surface area (Å²) in [5.74, 6) is 3.32. The Kier molecular flexibility index (Phi) is 5.04. The van der Waals surface area contributed by atoms with Crippen molar-refractivity contribution in [3.05, 3.63) is 18.2 Å². The maximum atomic E-state index is 5.82. The summed E-state index contributed by atoms with van der Waals surface area (Å²) >= 11 is 1.91. The number of rotatable bonds is 6. The summed E-state index contributed by atoms with van der Waals surface area (Å²) in [5.41, 5.74) is 5.82. The summed E-state index contributed by atoms with van der Waals surface area (Å²) in [6.45, 7) is 2.13. The Morgan fingerprint density at radius 1 is 1.64 bits per heavy atom. The second-order valence-electron chi connectivity index (χ2n) is 3.45. The van der Waals surface area contributed by atoms with Crippen molar-refractivity contribution in [3.8, 4) is 0 Å². The molecule has 1 aromatic rings. The Labute approximate surface area is 90.1 Å². The van der Waals surface area contributed by atoms with Gasteiger partial charge in [0, 0.05) is 43.4 Å². The first kappa shape index (κ1) is 11.6. The van der Waals surface area contributed by atoms with Crippen LogP contribution in [0.5, 0.6) is 0 Å². The van der Waals surface area contributed by atoms with E-state index in [1.165, 1.54) is 0 Å². The SMILES string of the molecule is CCC(N)CSCCc1nccn1C. The quantitative estimate of drug-likeness (QED) is 0.727. The van der Waals surface area contributed by atoms with E-state index in [1.54, 1.807) is 0 Å². The first-order chi connectivity index (χ1) is 6.74. The molecule has 80 valence electrons. The lowest BCUT2D eigenvalue weighted by Gasteiger charge is -2.07. The van der Waals surface area contributed by atoms with Gasteiger partial charge in [-0.25, -0.2) is 4.98 Å². The molecule has 0 spiro atoms. The molecule has 0 aliphatic carbocycles. The van der Waals surface area contributed by atoms with Crippen molar-refractivity contribution < 1.29 is 0 Å². The lowest BCUT2D eigenvalue weighted by molar-refractivity contribution is 0.724. The van der Waals surface area contributed by atoms with Crippen molar-refractivity contribution in [1.29, 1.82) is 0 Å². The molecule has 0 aromatic carbocycles. The van der Waals surface area contributed by atoms with Crippen LogP contribution in [0, 0.1) is 0 Å². The van der Waals surface area contributed by atoms with Gasteiger partial charge < -0.3 is 10.3 Å². The van der Waals surface area contributed by atoms with E-state index in [0.29, 0.717) is 6.04 Å². The van der Waals surface area contributed by atoms with Crippen molar-refractivity contribution >= 4 is 11.8 Å².